The van der Waals surface area contributed by atoms with E-state index in [9.17, 15) is 13.2 Å². The predicted octanol–water partition coefficient (Wildman–Crippen LogP) is 1.11. The third kappa shape index (κ3) is 5.66. The highest BCUT2D eigenvalue weighted by Gasteiger charge is 2.28. The van der Waals surface area contributed by atoms with Crippen molar-refractivity contribution in [1.29, 1.82) is 0 Å². The molecule has 2 rings (SSSR count). The zero-order valence-corrected chi connectivity index (χ0v) is 15.8. The molecule has 1 atom stereocenters. The van der Waals surface area contributed by atoms with E-state index in [1.54, 1.807) is 17.6 Å². The maximum absolute atomic E-state index is 12.5. The van der Waals surface area contributed by atoms with Crippen molar-refractivity contribution in [3.63, 3.8) is 0 Å². The van der Waals surface area contributed by atoms with Gasteiger partial charge in [0.05, 0.1) is 11.5 Å². The average molecular weight is 385 g/mol. The summed E-state index contributed by atoms with van der Waals surface area (Å²) in [5.74, 6) is -0.00503. The fraction of sp³-hybridized carbons (Fsp3) is 0.588. The van der Waals surface area contributed by atoms with Crippen LogP contribution in [0.2, 0.25) is 0 Å². The normalized spacial score (nSPS) is 16.8. The minimum absolute atomic E-state index is 0.100. The quantitative estimate of drug-likeness (QED) is 0.434. The molecule has 1 aliphatic heterocycles. The van der Waals surface area contributed by atoms with Gasteiger partial charge >= 0.3 is 0 Å². The van der Waals surface area contributed by atoms with Crippen LogP contribution in [0.25, 0.3) is 0 Å². The van der Waals surface area contributed by atoms with Crippen LogP contribution < -0.4 is 14.9 Å². The standard InChI is InChI=1S/C17H27N3O5S/c1-2-12-25-14-6-8-15(9-7-14)26(23,24)18-13-16(17(21)19-22)20-10-4-3-5-11-20/h6-9,16,18,22H,2-5,10-13H2,1H3,(H,19,21). The van der Waals surface area contributed by atoms with Gasteiger partial charge in [-0.1, -0.05) is 13.3 Å². The number of nitrogens with zero attached hydrogens (tertiary/aromatic N) is 1. The minimum Gasteiger partial charge on any atom is -0.494 e. The van der Waals surface area contributed by atoms with Gasteiger partial charge in [0.25, 0.3) is 5.91 Å². The van der Waals surface area contributed by atoms with Crippen LogP contribution in [0.15, 0.2) is 29.2 Å². The second kappa shape index (κ2) is 9.86. The first-order valence-corrected chi connectivity index (χ1v) is 10.4. The van der Waals surface area contributed by atoms with Crippen molar-refractivity contribution in [2.75, 3.05) is 26.2 Å². The van der Waals surface area contributed by atoms with Gasteiger partial charge in [-0.3, -0.25) is 14.9 Å². The number of rotatable bonds is 9. The van der Waals surface area contributed by atoms with E-state index in [-0.39, 0.29) is 11.4 Å². The molecule has 1 unspecified atom stereocenters. The molecule has 1 aromatic rings. The Bertz CT molecular complexity index is 672. The monoisotopic (exact) mass is 385 g/mol. The van der Waals surface area contributed by atoms with Crippen LogP contribution in [-0.2, 0) is 14.8 Å². The highest BCUT2D eigenvalue weighted by molar-refractivity contribution is 7.89. The maximum atomic E-state index is 12.5. The Balaban J connectivity index is 2.02. The summed E-state index contributed by atoms with van der Waals surface area (Å²) in [5, 5.41) is 8.97. The number of sulfonamides is 1. The van der Waals surface area contributed by atoms with Crippen molar-refractivity contribution >= 4 is 15.9 Å². The average Bonchev–Trinajstić information content (AvgIpc) is 2.67. The number of hydroxylamine groups is 1. The van der Waals surface area contributed by atoms with Gasteiger partial charge in [-0.25, -0.2) is 18.6 Å². The molecule has 0 radical (unpaired) electrons. The molecule has 0 spiro atoms. The van der Waals surface area contributed by atoms with Gasteiger partial charge in [-0.05, 0) is 56.6 Å². The Morgan fingerprint density at radius 3 is 2.46 bits per heavy atom. The molecule has 0 bridgehead atoms. The molecule has 0 saturated carbocycles. The topological polar surface area (TPSA) is 108 Å². The third-order valence-electron chi connectivity index (χ3n) is 4.32. The largest absolute Gasteiger partial charge is 0.494 e. The molecule has 9 heteroatoms. The molecule has 1 saturated heterocycles. The van der Waals surface area contributed by atoms with E-state index in [0.29, 0.717) is 25.4 Å². The Labute approximate surface area is 154 Å². The number of likely N-dealkylation sites (tertiary alicyclic amines) is 1. The lowest BCUT2D eigenvalue weighted by atomic mass is 10.1. The molecule has 1 aromatic carbocycles. The molecular weight excluding hydrogens is 358 g/mol. The van der Waals surface area contributed by atoms with Crippen molar-refractivity contribution in [3.05, 3.63) is 24.3 Å². The van der Waals surface area contributed by atoms with E-state index < -0.39 is 22.0 Å². The maximum Gasteiger partial charge on any atom is 0.262 e. The van der Waals surface area contributed by atoms with E-state index in [1.165, 1.54) is 12.1 Å². The number of carbonyl (C=O) groups is 1. The number of nitrogens with one attached hydrogen (secondary N) is 2. The summed E-state index contributed by atoms with van der Waals surface area (Å²) in [7, 11) is -3.77. The number of hydrogen-bond donors (Lipinski definition) is 3. The van der Waals surface area contributed by atoms with E-state index in [2.05, 4.69) is 4.72 Å². The van der Waals surface area contributed by atoms with E-state index >= 15 is 0 Å². The molecular formula is C17H27N3O5S. The molecule has 1 amide bonds. The van der Waals surface area contributed by atoms with Gasteiger partial charge in [0.2, 0.25) is 10.0 Å². The molecule has 146 valence electrons. The highest BCUT2D eigenvalue weighted by Crippen LogP contribution is 2.17. The van der Waals surface area contributed by atoms with Gasteiger partial charge < -0.3 is 4.74 Å². The SMILES string of the molecule is CCCOc1ccc(S(=O)(=O)NCC(C(=O)NO)N2CCCCC2)cc1. The second-order valence-corrected chi connectivity index (χ2v) is 8.03. The number of hydrogen-bond acceptors (Lipinski definition) is 6. The van der Waals surface area contributed by atoms with Crippen LogP contribution in [0, 0.1) is 0 Å². The summed E-state index contributed by atoms with van der Waals surface area (Å²) in [6, 6.07) is 5.40. The first-order chi connectivity index (χ1) is 12.5. The lowest BCUT2D eigenvalue weighted by molar-refractivity contribution is -0.135. The summed E-state index contributed by atoms with van der Waals surface area (Å²) in [6.07, 6.45) is 3.84. The van der Waals surface area contributed by atoms with Crippen LogP contribution in [0.5, 0.6) is 5.75 Å². The van der Waals surface area contributed by atoms with Crippen molar-refractivity contribution in [3.8, 4) is 5.75 Å². The molecule has 26 heavy (non-hydrogen) atoms. The number of benzene rings is 1. The number of piperidine rings is 1. The van der Waals surface area contributed by atoms with E-state index in [4.69, 9.17) is 9.94 Å². The van der Waals surface area contributed by atoms with Crippen LogP contribution in [0.3, 0.4) is 0 Å². The summed E-state index contributed by atoms with van der Waals surface area (Å²) >= 11 is 0. The second-order valence-electron chi connectivity index (χ2n) is 6.26. The van der Waals surface area contributed by atoms with Crippen molar-refractivity contribution < 1.29 is 23.2 Å². The Morgan fingerprint density at radius 1 is 1.23 bits per heavy atom. The van der Waals surface area contributed by atoms with Gasteiger partial charge in [0.1, 0.15) is 11.8 Å². The highest BCUT2D eigenvalue weighted by atomic mass is 32.2. The fourth-order valence-corrected chi connectivity index (χ4v) is 3.94. The summed E-state index contributed by atoms with van der Waals surface area (Å²) in [4.78, 5) is 13.9. The fourth-order valence-electron chi connectivity index (χ4n) is 2.90. The summed E-state index contributed by atoms with van der Waals surface area (Å²) < 4.78 is 32.9. The van der Waals surface area contributed by atoms with Crippen LogP contribution in [0.1, 0.15) is 32.6 Å². The van der Waals surface area contributed by atoms with Gasteiger partial charge in [-0.2, -0.15) is 0 Å². The lowest BCUT2D eigenvalue weighted by Gasteiger charge is -2.33. The molecule has 3 N–H and O–H groups in total. The van der Waals surface area contributed by atoms with E-state index in [0.717, 1.165) is 25.7 Å². The van der Waals surface area contributed by atoms with Crippen LogP contribution in [-0.4, -0.2) is 56.7 Å². The third-order valence-corrected chi connectivity index (χ3v) is 5.76. The zero-order chi connectivity index (χ0) is 19.0. The zero-order valence-electron chi connectivity index (χ0n) is 15.0. The number of amides is 1. The number of carbonyl (C=O) groups excluding carboxylic acids is 1. The van der Waals surface area contributed by atoms with Crippen LogP contribution >= 0.6 is 0 Å². The molecule has 0 aromatic heterocycles. The first-order valence-electron chi connectivity index (χ1n) is 8.88. The van der Waals surface area contributed by atoms with Crippen molar-refractivity contribution in [1.82, 2.24) is 15.1 Å². The molecule has 1 aliphatic rings. The molecule has 8 nitrogen and oxygen atoms in total. The lowest BCUT2D eigenvalue weighted by Crippen LogP contribution is -2.53. The first kappa shape index (κ1) is 20.6. The minimum atomic E-state index is -3.77. The van der Waals surface area contributed by atoms with Crippen LogP contribution in [0.4, 0.5) is 0 Å². The summed E-state index contributed by atoms with van der Waals surface area (Å²) in [6.45, 7) is 3.84. The number of ether oxygens (including phenoxy) is 1. The van der Waals surface area contributed by atoms with Crippen molar-refractivity contribution in [2.24, 2.45) is 0 Å². The Morgan fingerprint density at radius 2 is 1.88 bits per heavy atom. The van der Waals surface area contributed by atoms with Gasteiger partial charge in [0.15, 0.2) is 0 Å². The van der Waals surface area contributed by atoms with Gasteiger partial charge in [-0.15, -0.1) is 0 Å². The molecule has 1 heterocycles. The summed E-state index contributed by atoms with van der Waals surface area (Å²) in [5.41, 5.74) is 1.63. The predicted molar refractivity (Wildman–Crippen MR) is 96.6 cm³/mol. The Hall–Kier alpha value is -1.68. The molecule has 1 fully saturated rings. The Kier molecular flexibility index (Phi) is 7.83. The van der Waals surface area contributed by atoms with E-state index in [1.807, 2.05) is 11.8 Å². The van der Waals surface area contributed by atoms with Gasteiger partial charge in [0, 0.05) is 6.54 Å². The molecule has 0 aliphatic carbocycles. The smallest absolute Gasteiger partial charge is 0.262 e. The van der Waals surface area contributed by atoms with Crippen molar-refractivity contribution in [2.45, 2.75) is 43.5 Å².